The number of likely N-dealkylation sites (tertiary alicyclic amines) is 1. The lowest BCUT2D eigenvalue weighted by atomic mass is 9.84. The van der Waals surface area contributed by atoms with Gasteiger partial charge in [0.05, 0.1) is 6.10 Å². The van der Waals surface area contributed by atoms with Gasteiger partial charge in [-0.1, -0.05) is 37.3 Å². The molecular formula is C27H33N3O3. The van der Waals surface area contributed by atoms with E-state index in [1.165, 1.54) is 0 Å². The van der Waals surface area contributed by atoms with Crippen LogP contribution in [0.1, 0.15) is 49.7 Å². The van der Waals surface area contributed by atoms with Crippen molar-refractivity contribution in [1.29, 1.82) is 0 Å². The Hall–Kier alpha value is -3.28. The summed E-state index contributed by atoms with van der Waals surface area (Å²) in [6, 6.07) is 17.7. The number of aromatic amines is 1. The van der Waals surface area contributed by atoms with Gasteiger partial charge < -0.3 is 19.9 Å². The Morgan fingerprint density at radius 2 is 1.76 bits per heavy atom. The van der Waals surface area contributed by atoms with Gasteiger partial charge in [-0.15, -0.1) is 0 Å². The maximum Gasteiger partial charge on any atom is 0.270 e. The van der Waals surface area contributed by atoms with E-state index in [0.29, 0.717) is 25.3 Å². The van der Waals surface area contributed by atoms with Crippen molar-refractivity contribution >= 4 is 22.7 Å². The number of fused-ring (bicyclic) bond motifs is 1. The van der Waals surface area contributed by atoms with Gasteiger partial charge in [0.2, 0.25) is 5.91 Å². The molecule has 1 saturated heterocycles. The Kier molecular flexibility index (Phi) is 7.02. The molecule has 4 rings (SSSR count). The summed E-state index contributed by atoms with van der Waals surface area (Å²) in [5.74, 6) is 1.13. The molecule has 6 heteroatoms. The van der Waals surface area contributed by atoms with E-state index < -0.39 is 0 Å². The monoisotopic (exact) mass is 447 g/mol. The van der Waals surface area contributed by atoms with E-state index in [2.05, 4.69) is 10.3 Å². The summed E-state index contributed by atoms with van der Waals surface area (Å²) >= 11 is 0. The summed E-state index contributed by atoms with van der Waals surface area (Å²) in [7, 11) is 0. The van der Waals surface area contributed by atoms with Crippen LogP contribution in [0.2, 0.25) is 0 Å². The van der Waals surface area contributed by atoms with E-state index in [4.69, 9.17) is 4.74 Å². The highest BCUT2D eigenvalue weighted by Gasteiger charge is 2.30. The number of hydrogen-bond donors (Lipinski definition) is 2. The fraction of sp³-hybridized carbons (Fsp3) is 0.407. The Labute approximate surface area is 195 Å². The molecule has 2 N–H and O–H groups in total. The van der Waals surface area contributed by atoms with Crippen molar-refractivity contribution < 1.29 is 14.3 Å². The van der Waals surface area contributed by atoms with E-state index in [-0.39, 0.29) is 29.8 Å². The largest absolute Gasteiger partial charge is 0.491 e. The molecule has 1 aliphatic rings. The predicted octanol–water partition coefficient (Wildman–Crippen LogP) is 4.76. The molecule has 6 nitrogen and oxygen atoms in total. The predicted molar refractivity (Wildman–Crippen MR) is 130 cm³/mol. The smallest absolute Gasteiger partial charge is 0.270 e. The highest BCUT2D eigenvalue weighted by molar-refractivity contribution is 5.98. The second kappa shape index (κ2) is 10.1. The topological polar surface area (TPSA) is 74.4 Å². The van der Waals surface area contributed by atoms with Gasteiger partial charge in [-0.3, -0.25) is 9.59 Å². The Morgan fingerprint density at radius 1 is 1.06 bits per heavy atom. The average Bonchev–Trinajstić information content (AvgIpc) is 3.26. The fourth-order valence-electron chi connectivity index (χ4n) is 4.48. The van der Waals surface area contributed by atoms with Crippen LogP contribution in [0.25, 0.3) is 10.9 Å². The highest BCUT2D eigenvalue weighted by atomic mass is 16.5. The quantitative estimate of drug-likeness (QED) is 0.548. The first kappa shape index (κ1) is 22.9. The van der Waals surface area contributed by atoms with Crippen LogP contribution in [0.4, 0.5) is 0 Å². The number of nitrogens with one attached hydrogen (secondary N) is 2. The van der Waals surface area contributed by atoms with Gasteiger partial charge in [0.25, 0.3) is 5.91 Å². The van der Waals surface area contributed by atoms with Crippen LogP contribution in [0.3, 0.4) is 0 Å². The zero-order valence-corrected chi connectivity index (χ0v) is 19.6. The minimum atomic E-state index is -0.0844. The summed E-state index contributed by atoms with van der Waals surface area (Å²) < 4.78 is 5.66. The molecule has 0 aliphatic carbocycles. The Morgan fingerprint density at radius 3 is 2.42 bits per heavy atom. The number of rotatable bonds is 7. The lowest BCUT2D eigenvalue weighted by molar-refractivity contribution is -0.126. The molecule has 0 saturated carbocycles. The molecule has 33 heavy (non-hydrogen) atoms. The van der Waals surface area contributed by atoms with E-state index >= 15 is 0 Å². The minimum absolute atomic E-state index is 0.0339. The minimum Gasteiger partial charge on any atom is -0.491 e. The Bertz CT molecular complexity index is 1060. The molecule has 3 aromatic rings. The van der Waals surface area contributed by atoms with Crippen molar-refractivity contribution in [2.45, 2.75) is 46.3 Å². The number of nitrogens with zero attached hydrogens (tertiary/aromatic N) is 1. The van der Waals surface area contributed by atoms with Gasteiger partial charge in [0, 0.05) is 36.5 Å². The van der Waals surface area contributed by atoms with Crippen LogP contribution >= 0.6 is 0 Å². The van der Waals surface area contributed by atoms with Crippen LogP contribution < -0.4 is 10.1 Å². The lowest BCUT2D eigenvalue weighted by Gasteiger charge is -2.34. The van der Waals surface area contributed by atoms with E-state index in [1.54, 1.807) is 0 Å². The van der Waals surface area contributed by atoms with Crippen LogP contribution in [-0.2, 0) is 11.3 Å². The molecule has 1 unspecified atom stereocenters. The maximum absolute atomic E-state index is 12.9. The number of H-pyrrole nitrogens is 1. The summed E-state index contributed by atoms with van der Waals surface area (Å²) in [5, 5.41) is 4.11. The number of piperidine rings is 1. The number of aromatic nitrogens is 1. The first-order valence-electron chi connectivity index (χ1n) is 11.8. The summed E-state index contributed by atoms with van der Waals surface area (Å²) in [6.45, 7) is 7.84. The zero-order chi connectivity index (χ0) is 23.4. The molecule has 1 aromatic heterocycles. The van der Waals surface area contributed by atoms with Crippen molar-refractivity contribution in [2.75, 3.05) is 13.1 Å². The van der Waals surface area contributed by atoms with Gasteiger partial charge in [0.15, 0.2) is 0 Å². The van der Waals surface area contributed by atoms with Gasteiger partial charge in [0.1, 0.15) is 11.4 Å². The number of para-hydroxylation sites is 1. The molecule has 174 valence electrons. The number of ether oxygens (including phenoxy) is 1. The summed E-state index contributed by atoms with van der Waals surface area (Å²) in [4.78, 5) is 30.8. The highest BCUT2D eigenvalue weighted by Crippen LogP contribution is 2.27. The third-order valence-electron chi connectivity index (χ3n) is 6.47. The summed E-state index contributed by atoms with van der Waals surface area (Å²) in [6.07, 6.45) is 1.81. The van der Waals surface area contributed by atoms with E-state index in [9.17, 15) is 9.59 Å². The second-order valence-electron chi connectivity index (χ2n) is 9.22. The van der Waals surface area contributed by atoms with Crippen molar-refractivity contribution in [2.24, 2.45) is 11.8 Å². The third-order valence-corrected chi connectivity index (χ3v) is 6.47. The number of hydrogen-bond acceptors (Lipinski definition) is 3. The van der Waals surface area contributed by atoms with Crippen molar-refractivity contribution in [1.82, 2.24) is 15.2 Å². The molecule has 1 fully saturated rings. The van der Waals surface area contributed by atoms with Gasteiger partial charge >= 0.3 is 0 Å². The van der Waals surface area contributed by atoms with Crippen LogP contribution in [-0.4, -0.2) is 40.9 Å². The number of amides is 2. The first-order chi connectivity index (χ1) is 15.9. The normalized spacial score (nSPS) is 15.6. The van der Waals surface area contributed by atoms with E-state index in [1.807, 2.05) is 80.3 Å². The summed E-state index contributed by atoms with van der Waals surface area (Å²) in [5.41, 5.74) is 2.65. The standard InChI is InChI=1S/C27H33N3O3/c1-18(2)33-23-10-8-20(9-11-23)17-28-26(31)19(3)21-12-14-30(15-13-21)27(32)25-16-22-6-4-5-7-24(22)29-25/h4-11,16,18-19,21,29H,12-15,17H2,1-3H3,(H,28,31). The van der Waals surface area contributed by atoms with Gasteiger partial charge in [-0.25, -0.2) is 0 Å². The van der Waals surface area contributed by atoms with Crippen molar-refractivity contribution in [3.05, 3.63) is 65.9 Å². The molecule has 0 bridgehead atoms. The van der Waals surface area contributed by atoms with Crippen molar-refractivity contribution in [3.63, 3.8) is 0 Å². The third kappa shape index (κ3) is 5.56. The molecule has 2 heterocycles. The van der Waals surface area contributed by atoms with Crippen LogP contribution in [0, 0.1) is 11.8 Å². The van der Waals surface area contributed by atoms with E-state index in [0.717, 1.165) is 35.1 Å². The lowest BCUT2D eigenvalue weighted by Crippen LogP contribution is -2.42. The molecule has 2 aromatic carbocycles. The zero-order valence-electron chi connectivity index (χ0n) is 19.6. The van der Waals surface area contributed by atoms with Gasteiger partial charge in [-0.2, -0.15) is 0 Å². The van der Waals surface area contributed by atoms with Crippen LogP contribution in [0.15, 0.2) is 54.6 Å². The first-order valence-corrected chi connectivity index (χ1v) is 11.8. The second-order valence-corrected chi connectivity index (χ2v) is 9.22. The molecular weight excluding hydrogens is 414 g/mol. The average molecular weight is 448 g/mol. The van der Waals surface area contributed by atoms with Gasteiger partial charge in [-0.05, 0) is 62.4 Å². The fourth-order valence-corrected chi connectivity index (χ4v) is 4.48. The molecule has 0 spiro atoms. The molecule has 0 radical (unpaired) electrons. The molecule has 2 amide bonds. The number of carbonyl (C=O) groups excluding carboxylic acids is 2. The SMILES string of the molecule is CC(C)Oc1ccc(CNC(=O)C(C)C2CCN(C(=O)c3cc4ccccc4[nH]3)CC2)cc1. The van der Waals surface area contributed by atoms with Crippen molar-refractivity contribution in [3.8, 4) is 5.75 Å². The number of benzene rings is 2. The number of carbonyl (C=O) groups is 2. The Balaban J connectivity index is 1.25. The maximum atomic E-state index is 12.9. The molecule has 1 aliphatic heterocycles. The van der Waals surface area contributed by atoms with Crippen LogP contribution in [0.5, 0.6) is 5.75 Å². The molecule has 1 atom stereocenters.